The standard InChI is InChI=1S/C21H27NO5/c1-5-25-19-12-7-16(13-20(19)26-6-2)21(23)22-15(3)14-27-18-10-8-17(24-4)9-11-18/h7-13,15H,5-6,14H2,1-4H3,(H,22,23). The Labute approximate surface area is 160 Å². The first-order valence-electron chi connectivity index (χ1n) is 9.04. The lowest BCUT2D eigenvalue weighted by molar-refractivity contribution is 0.0926. The molecular formula is C21H27NO5. The van der Waals surface area contributed by atoms with Gasteiger partial charge in [0.2, 0.25) is 0 Å². The summed E-state index contributed by atoms with van der Waals surface area (Å²) in [7, 11) is 1.62. The maximum atomic E-state index is 12.5. The zero-order chi connectivity index (χ0) is 19.6. The third-order valence-corrected chi connectivity index (χ3v) is 3.74. The van der Waals surface area contributed by atoms with Crippen molar-refractivity contribution in [1.29, 1.82) is 0 Å². The summed E-state index contributed by atoms with van der Waals surface area (Å²) in [6, 6.07) is 12.3. The van der Waals surface area contributed by atoms with Gasteiger partial charge in [0.15, 0.2) is 11.5 Å². The molecule has 6 nitrogen and oxygen atoms in total. The Bertz CT molecular complexity index is 730. The predicted octanol–water partition coefficient (Wildman–Crippen LogP) is 3.69. The zero-order valence-corrected chi connectivity index (χ0v) is 16.3. The molecule has 0 saturated carbocycles. The van der Waals surface area contributed by atoms with Crippen LogP contribution in [0.4, 0.5) is 0 Å². The molecule has 0 spiro atoms. The molecule has 1 amide bonds. The normalized spacial score (nSPS) is 11.4. The number of carbonyl (C=O) groups excluding carboxylic acids is 1. The summed E-state index contributed by atoms with van der Waals surface area (Å²) in [4.78, 5) is 12.5. The van der Waals surface area contributed by atoms with Gasteiger partial charge in [0.05, 0.1) is 26.4 Å². The van der Waals surface area contributed by atoms with Crippen molar-refractivity contribution in [1.82, 2.24) is 5.32 Å². The molecule has 0 aromatic heterocycles. The van der Waals surface area contributed by atoms with Gasteiger partial charge in [-0.25, -0.2) is 0 Å². The maximum Gasteiger partial charge on any atom is 0.251 e. The summed E-state index contributed by atoms with van der Waals surface area (Å²) in [5, 5.41) is 2.92. The highest BCUT2D eigenvalue weighted by Gasteiger charge is 2.14. The second kappa shape index (κ2) is 10.3. The smallest absolute Gasteiger partial charge is 0.251 e. The Morgan fingerprint density at radius 3 is 2.19 bits per heavy atom. The first-order chi connectivity index (χ1) is 13.1. The van der Waals surface area contributed by atoms with Crippen LogP contribution in [0.25, 0.3) is 0 Å². The maximum absolute atomic E-state index is 12.5. The zero-order valence-electron chi connectivity index (χ0n) is 16.3. The van der Waals surface area contributed by atoms with Crippen LogP contribution >= 0.6 is 0 Å². The molecule has 27 heavy (non-hydrogen) atoms. The molecule has 0 bridgehead atoms. The van der Waals surface area contributed by atoms with E-state index in [0.717, 1.165) is 11.5 Å². The van der Waals surface area contributed by atoms with Crippen molar-refractivity contribution < 1.29 is 23.7 Å². The van der Waals surface area contributed by atoms with E-state index in [4.69, 9.17) is 18.9 Å². The molecule has 1 atom stereocenters. The lowest BCUT2D eigenvalue weighted by Gasteiger charge is -2.16. The third-order valence-electron chi connectivity index (χ3n) is 3.74. The lowest BCUT2D eigenvalue weighted by Crippen LogP contribution is -2.36. The average Bonchev–Trinajstić information content (AvgIpc) is 2.68. The minimum absolute atomic E-state index is 0.165. The second-order valence-corrected chi connectivity index (χ2v) is 5.89. The van der Waals surface area contributed by atoms with Crippen LogP contribution in [-0.4, -0.2) is 38.9 Å². The Hall–Kier alpha value is -2.89. The van der Waals surface area contributed by atoms with Gasteiger partial charge in [0.1, 0.15) is 18.1 Å². The third kappa shape index (κ3) is 6.09. The van der Waals surface area contributed by atoms with Crippen LogP contribution in [0, 0.1) is 0 Å². The van der Waals surface area contributed by atoms with Gasteiger partial charge in [0.25, 0.3) is 5.91 Å². The fraction of sp³-hybridized carbons (Fsp3) is 0.381. The van der Waals surface area contributed by atoms with Crippen molar-refractivity contribution in [3.05, 3.63) is 48.0 Å². The Morgan fingerprint density at radius 2 is 1.56 bits per heavy atom. The molecule has 2 aromatic carbocycles. The SMILES string of the molecule is CCOc1ccc(C(=O)NC(C)COc2ccc(OC)cc2)cc1OCC. The van der Waals surface area contributed by atoms with Crippen LogP contribution in [0.2, 0.25) is 0 Å². The van der Waals surface area contributed by atoms with E-state index in [2.05, 4.69) is 5.32 Å². The van der Waals surface area contributed by atoms with Crippen LogP contribution in [-0.2, 0) is 0 Å². The Kier molecular flexibility index (Phi) is 7.79. The molecule has 0 heterocycles. The minimum atomic E-state index is -0.190. The van der Waals surface area contributed by atoms with Gasteiger partial charge in [-0.3, -0.25) is 4.79 Å². The van der Waals surface area contributed by atoms with E-state index < -0.39 is 0 Å². The number of benzene rings is 2. The van der Waals surface area contributed by atoms with Crippen molar-refractivity contribution in [2.75, 3.05) is 26.9 Å². The summed E-state index contributed by atoms with van der Waals surface area (Å²) < 4.78 is 21.9. The van der Waals surface area contributed by atoms with E-state index in [0.29, 0.717) is 36.9 Å². The molecule has 146 valence electrons. The summed E-state index contributed by atoms with van der Waals surface area (Å²) in [5.41, 5.74) is 0.512. The van der Waals surface area contributed by atoms with Gasteiger partial charge in [-0.2, -0.15) is 0 Å². The molecule has 0 fully saturated rings. The van der Waals surface area contributed by atoms with Crippen LogP contribution in [0.15, 0.2) is 42.5 Å². The number of hydrogen-bond donors (Lipinski definition) is 1. The van der Waals surface area contributed by atoms with Crippen LogP contribution in [0.1, 0.15) is 31.1 Å². The van der Waals surface area contributed by atoms with Gasteiger partial charge in [-0.15, -0.1) is 0 Å². The lowest BCUT2D eigenvalue weighted by atomic mass is 10.1. The van der Waals surface area contributed by atoms with Crippen molar-refractivity contribution >= 4 is 5.91 Å². The molecule has 6 heteroatoms. The fourth-order valence-corrected chi connectivity index (χ4v) is 2.43. The number of carbonyl (C=O) groups is 1. The van der Waals surface area contributed by atoms with Gasteiger partial charge in [0, 0.05) is 5.56 Å². The highest BCUT2D eigenvalue weighted by atomic mass is 16.5. The predicted molar refractivity (Wildman–Crippen MR) is 104 cm³/mol. The molecule has 1 N–H and O–H groups in total. The van der Waals surface area contributed by atoms with E-state index >= 15 is 0 Å². The van der Waals surface area contributed by atoms with E-state index in [9.17, 15) is 4.79 Å². The number of rotatable bonds is 10. The highest BCUT2D eigenvalue weighted by molar-refractivity contribution is 5.95. The van der Waals surface area contributed by atoms with Crippen molar-refractivity contribution in [2.24, 2.45) is 0 Å². The first-order valence-corrected chi connectivity index (χ1v) is 9.04. The fourth-order valence-electron chi connectivity index (χ4n) is 2.43. The van der Waals surface area contributed by atoms with Crippen LogP contribution < -0.4 is 24.3 Å². The number of amides is 1. The number of hydrogen-bond acceptors (Lipinski definition) is 5. The van der Waals surface area contributed by atoms with E-state index in [1.165, 1.54) is 0 Å². The van der Waals surface area contributed by atoms with E-state index in [1.54, 1.807) is 25.3 Å². The molecule has 0 radical (unpaired) electrons. The molecule has 0 aliphatic carbocycles. The average molecular weight is 373 g/mol. The van der Waals surface area contributed by atoms with Crippen molar-refractivity contribution in [3.63, 3.8) is 0 Å². The van der Waals surface area contributed by atoms with Gasteiger partial charge < -0.3 is 24.3 Å². The quantitative estimate of drug-likeness (QED) is 0.688. The number of nitrogens with one attached hydrogen (secondary N) is 1. The second-order valence-electron chi connectivity index (χ2n) is 5.89. The van der Waals surface area contributed by atoms with Crippen LogP contribution in [0.3, 0.4) is 0 Å². The van der Waals surface area contributed by atoms with Gasteiger partial charge >= 0.3 is 0 Å². The molecule has 2 rings (SSSR count). The van der Waals surface area contributed by atoms with E-state index in [1.807, 2.05) is 45.0 Å². The first kappa shape index (κ1) is 20.4. The van der Waals surface area contributed by atoms with Crippen molar-refractivity contribution in [3.8, 4) is 23.0 Å². The Morgan fingerprint density at radius 1 is 0.926 bits per heavy atom. The molecule has 0 aliphatic rings. The monoisotopic (exact) mass is 373 g/mol. The summed E-state index contributed by atoms with van der Waals surface area (Å²) in [6.45, 7) is 7.07. The number of ether oxygens (including phenoxy) is 4. The summed E-state index contributed by atoms with van der Waals surface area (Å²) in [5.74, 6) is 2.49. The van der Waals surface area contributed by atoms with Gasteiger partial charge in [-0.1, -0.05) is 0 Å². The minimum Gasteiger partial charge on any atom is -0.497 e. The molecule has 0 saturated heterocycles. The van der Waals surface area contributed by atoms with Crippen molar-refractivity contribution in [2.45, 2.75) is 26.8 Å². The molecule has 1 unspecified atom stereocenters. The number of methoxy groups -OCH3 is 1. The van der Waals surface area contributed by atoms with E-state index in [-0.39, 0.29) is 11.9 Å². The largest absolute Gasteiger partial charge is 0.497 e. The molecule has 0 aliphatic heterocycles. The highest BCUT2D eigenvalue weighted by Crippen LogP contribution is 2.28. The Balaban J connectivity index is 1.93. The van der Waals surface area contributed by atoms with Crippen LogP contribution in [0.5, 0.6) is 23.0 Å². The molecule has 2 aromatic rings. The summed E-state index contributed by atoms with van der Waals surface area (Å²) >= 11 is 0. The van der Waals surface area contributed by atoms with Gasteiger partial charge in [-0.05, 0) is 63.2 Å². The summed E-state index contributed by atoms with van der Waals surface area (Å²) in [6.07, 6.45) is 0. The molecular weight excluding hydrogens is 346 g/mol. The topological polar surface area (TPSA) is 66.0 Å².